The second-order valence-electron chi connectivity index (χ2n) is 6.62. The monoisotopic (exact) mass is 402 g/mol. The number of fused-ring (bicyclic) bond motifs is 1. The van der Waals surface area contributed by atoms with E-state index in [1.165, 1.54) is 0 Å². The van der Waals surface area contributed by atoms with Gasteiger partial charge in [0.2, 0.25) is 0 Å². The standard InChI is InChI=1S/C12H10N2O2.C11H12N2O/c1-2-11(5-12-9(1)3-4-15-12)16-7-10-6-13-8-14-10;1-9-4-2-3-5-11(9)14-7-10-6-12-8-13-10/h1-6,8H,7H2,(H,13,14);2-6,8H,7H2,1H3,(H,12,13). The molecule has 5 aromatic rings. The molecule has 2 aromatic carbocycles. The molecule has 3 heterocycles. The highest BCUT2D eigenvalue weighted by Gasteiger charge is 2.01. The van der Waals surface area contributed by atoms with Crippen molar-refractivity contribution in [2.24, 2.45) is 0 Å². The van der Waals surface area contributed by atoms with E-state index in [9.17, 15) is 0 Å². The second-order valence-corrected chi connectivity index (χ2v) is 6.62. The number of rotatable bonds is 6. The summed E-state index contributed by atoms with van der Waals surface area (Å²) >= 11 is 0. The van der Waals surface area contributed by atoms with Gasteiger partial charge in [-0.05, 0) is 36.8 Å². The molecule has 0 spiro atoms. The number of aryl methyl sites for hydroxylation is 1. The first-order chi connectivity index (χ1) is 14.8. The Bertz CT molecular complexity index is 1160. The van der Waals surface area contributed by atoms with Crippen molar-refractivity contribution in [1.82, 2.24) is 19.9 Å². The number of H-pyrrole nitrogens is 2. The summed E-state index contributed by atoms with van der Waals surface area (Å²) < 4.78 is 16.5. The molecule has 0 atom stereocenters. The summed E-state index contributed by atoms with van der Waals surface area (Å²) in [5, 5.41) is 1.08. The van der Waals surface area contributed by atoms with Crippen LogP contribution in [0, 0.1) is 6.92 Å². The van der Waals surface area contributed by atoms with Gasteiger partial charge in [0.25, 0.3) is 0 Å². The Morgan fingerprint density at radius 3 is 2.30 bits per heavy atom. The van der Waals surface area contributed by atoms with Crippen molar-refractivity contribution in [3.05, 3.63) is 96.8 Å². The summed E-state index contributed by atoms with van der Waals surface area (Å²) in [5.74, 6) is 1.71. The van der Waals surface area contributed by atoms with Gasteiger partial charge in [-0.2, -0.15) is 0 Å². The van der Waals surface area contributed by atoms with Crippen molar-refractivity contribution >= 4 is 11.0 Å². The van der Waals surface area contributed by atoms with Crippen LogP contribution in [0.3, 0.4) is 0 Å². The normalized spacial score (nSPS) is 10.4. The third-order valence-electron chi connectivity index (χ3n) is 4.41. The highest BCUT2D eigenvalue weighted by atomic mass is 16.5. The Balaban J connectivity index is 0.000000147. The van der Waals surface area contributed by atoms with E-state index in [0.717, 1.165) is 39.4 Å². The van der Waals surface area contributed by atoms with Gasteiger partial charge in [0, 0.05) is 11.5 Å². The summed E-state index contributed by atoms with van der Waals surface area (Å²) in [5.41, 5.74) is 3.90. The number of benzene rings is 2. The lowest BCUT2D eigenvalue weighted by atomic mass is 10.2. The van der Waals surface area contributed by atoms with Gasteiger partial charge in [-0.1, -0.05) is 18.2 Å². The third kappa shape index (κ3) is 5.08. The minimum atomic E-state index is 0.478. The molecule has 0 radical (unpaired) electrons. The second kappa shape index (κ2) is 9.47. The Labute approximate surface area is 173 Å². The number of imidazole rings is 2. The van der Waals surface area contributed by atoms with E-state index < -0.39 is 0 Å². The van der Waals surface area contributed by atoms with E-state index in [1.54, 1.807) is 31.3 Å². The van der Waals surface area contributed by atoms with Gasteiger partial charge in [0.15, 0.2) is 0 Å². The molecular formula is C23H22N4O3. The van der Waals surface area contributed by atoms with Crippen LogP contribution in [0.4, 0.5) is 0 Å². The summed E-state index contributed by atoms with van der Waals surface area (Å²) in [6.07, 6.45) is 8.46. The van der Waals surface area contributed by atoms with Crippen molar-refractivity contribution < 1.29 is 13.9 Å². The van der Waals surface area contributed by atoms with Gasteiger partial charge in [0.05, 0.1) is 42.7 Å². The van der Waals surface area contributed by atoms with Gasteiger partial charge in [0.1, 0.15) is 30.3 Å². The number of hydrogen-bond acceptors (Lipinski definition) is 5. The first-order valence-corrected chi connectivity index (χ1v) is 9.51. The average Bonchev–Trinajstić information content (AvgIpc) is 3.55. The maximum atomic E-state index is 5.61. The Morgan fingerprint density at radius 2 is 1.60 bits per heavy atom. The molecule has 30 heavy (non-hydrogen) atoms. The average molecular weight is 402 g/mol. The SMILES string of the molecule is Cc1ccccc1OCc1cnc[nH]1.c1ncc(COc2ccc3ccoc3c2)[nH]1. The van der Waals surface area contributed by atoms with Crippen molar-refractivity contribution in [2.45, 2.75) is 20.1 Å². The quantitative estimate of drug-likeness (QED) is 0.416. The third-order valence-corrected chi connectivity index (χ3v) is 4.41. The fourth-order valence-electron chi connectivity index (χ4n) is 2.79. The molecule has 0 aliphatic carbocycles. The molecule has 0 aliphatic heterocycles. The summed E-state index contributed by atoms with van der Waals surface area (Å²) in [6, 6.07) is 15.7. The molecule has 7 nitrogen and oxygen atoms in total. The smallest absolute Gasteiger partial charge is 0.137 e. The van der Waals surface area contributed by atoms with Crippen LogP contribution in [0.15, 0.2) is 84.3 Å². The number of nitrogens with zero attached hydrogens (tertiary/aromatic N) is 2. The number of aromatic nitrogens is 4. The summed E-state index contributed by atoms with van der Waals surface area (Å²) in [6.45, 7) is 3.04. The van der Waals surface area contributed by atoms with E-state index in [4.69, 9.17) is 13.9 Å². The molecule has 2 N–H and O–H groups in total. The van der Waals surface area contributed by atoms with Crippen LogP contribution < -0.4 is 9.47 Å². The molecule has 0 aliphatic rings. The predicted molar refractivity (Wildman–Crippen MR) is 113 cm³/mol. The molecule has 0 saturated heterocycles. The van der Waals surface area contributed by atoms with Gasteiger partial charge in [-0.15, -0.1) is 0 Å². The van der Waals surface area contributed by atoms with Crippen LogP contribution in [0.1, 0.15) is 17.0 Å². The minimum Gasteiger partial charge on any atom is -0.487 e. The molecule has 0 bridgehead atoms. The molecule has 0 amide bonds. The lowest BCUT2D eigenvalue weighted by Crippen LogP contribution is -1.96. The lowest BCUT2D eigenvalue weighted by Gasteiger charge is -2.06. The fraction of sp³-hybridized carbons (Fsp3) is 0.130. The van der Waals surface area contributed by atoms with Crippen molar-refractivity contribution in [3.63, 3.8) is 0 Å². The minimum absolute atomic E-state index is 0.478. The first kappa shape index (κ1) is 19.3. The van der Waals surface area contributed by atoms with E-state index in [1.807, 2.05) is 55.5 Å². The van der Waals surface area contributed by atoms with Gasteiger partial charge >= 0.3 is 0 Å². The topological polar surface area (TPSA) is 89.0 Å². The van der Waals surface area contributed by atoms with Crippen LogP contribution in [0.5, 0.6) is 11.5 Å². The maximum Gasteiger partial charge on any atom is 0.137 e. The summed E-state index contributed by atoms with van der Waals surface area (Å²) in [4.78, 5) is 13.8. The van der Waals surface area contributed by atoms with Crippen molar-refractivity contribution in [1.29, 1.82) is 0 Å². The van der Waals surface area contributed by atoms with E-state index in [-0.39, 0.29) is 0 Å². The Hall–Kier alpha value is -4.00. The molecule has 0 saturated carbocycles. The molecule has 0 fully saturated rings. The molecule has 3 aromatic heterocycles. The first-order valence-electron chi connectivity index (χ1n) is 9.51. The number of ether oxygens (including phenoxy) is 2. The molecule has 0 unspecified atom stereocenters. The van der Waals surface area contributed by atoms with E-state index in [0.29, 0.717) is 13.2 Å². The number of aromatic amines is 2. The molecular weight excluding hydrogens is 380 g/mol. The Morgan fingerprint density at radius 1 is 0.867 bits per heavy atom. The van der Waals surface area contributed by atoms with E-state index >= 15 is 0 Å². The van der Waals surface area contributed by atoms with E-state index in [2.05, 4.69) is 19.9 Å². The summed E-state index contributed by atoms with van der Waals surface area (Å²) in [7, 11) is 0. The zero-order valence-electron chi connectivity index (χ0n) is 16.5. The van der Waals surface area contributed by atoms with Crippen LogP contribution in [-0.4, -0.2) is 19.9 Å². The fourth-order valence-corrected chi connectivity index (χ4v) is 2.79. The van der Waals surface area contributed by atoms with Crippen LogP contribution in [0.2, 0.25) is 0 Å². The molecule has 152 valence electrons. The zero-order valence-corrected chi connectivity index (χ0v) is 16.5. The van der Waals surface area contributed by atoms with Crippen LogP contribution in [-0.2, 0) is 13.2 Å². The molecule has 7 heteroatoms. The Kier molecular flexibility index (Phi) is 6.10. The number of para-hydroxylation sites is 1. The number of nitrogens with one attached hydrogen (secondary N) is 2. The highest BCUT2D eigenvalue weighted by molar-refractivity contribution is 5.78. The van der Waals surface area contributed by atoms with Gasteiger partial charge in [-0.25, -0.2) is 9.97 Å². The zero-order chi connectivity index (χ0) is 20.6. The van der Waals surface area contributed by atoms with Crippen LogP contribution in [0.25, 0.3) is 11.0 Å². The maximum absolute atomic E-state index is 5.61. The highest BCUT2D eigenvalue weighted by Crippen LogP contribution is 2.22. The van der Waals surface area contributed by atoms with Crippen LogP contribution >= 0.6 is 0 Å². The van der Waals surface area contributed by atoms with Crippen molar-refractivity contribution in [2.75, 3.05) is 0 Å². The lowest BCUT2D eigenvalue weighted by molar-refractivity contribution is 0.300. The molecule has 5 rings (SSSR count). The van der Waals surface area contributed by atoms with Crippen molar-refractivity contribution in [3.8, 4) is 11.5 Å². The predicted octanol–water partition coefficient (Wildman–Crippen LogP) is 5.03. The van der Waals surface area contributed by atoms with Gasteiger partial charge < -0.3 is 23.9 Å². The largest absolute Gasteiger partial charge is 0.487 e. The number of furan rings is 1. The number of hydrogen-bond donors (Lipinski definition) is 2. The van der Waals surface area contributed by atoms with Gasteiger partial charge in [-0.3, -0.25) is 0 Å².